The van der Waals surface area contributed by atoms with Gasteiger partial charge in [0.15, 0.2) is 5.82 Å². The van der Waals surface area contributed by atoms with Gasteiger partial charge in [-0.1, -0.05) is 11.2 Å². The van der Waals surface area contributed by atoms with Crippen LogP contribution in [0, 0.1) is 12.8 Å². The maximum absolute atomic E-state index is 12.7. The van der Waals surface area contributed by atoms with Crippen molar-refractivity contribution in [3.63, 3.8) is 0 Å². The van der Waals surface area contributed by atoms with E-state index < -0.39 is 10.0 Å². The molecule has 10 nitrogen and oxygen atoms in total. The highest BCUT2D eigenvalue weighted by Gasteiger charge is 2.31. The molecule has 164 valence electrons. The Morgan fingerprint density at radius 1 is 1.32 bits per heavy atom. The van der Waals surface area contributed by atoms with Crippen LogP contribution in [0.1, 0.15) is 34.2 Å². The molecule has 3 aromatic rings. The number of sulfonamides is 1. The highest BCUT2D eigenvalue weighted by atomic mass is 32.2. The van der Waals surface area contributed by atoms with E-state index in [1.54, 1.807) is 23.9 Å². The molecule has 1 aromatic carbocycles. The number of carbonyl (C=O) groups is 1. The van der Waals surface area contributed by atoms with E-state index in [0.717, 1.165) is 12.0 Å². The lowest BCUT2D eigenvalue weighted by molar-refractivity contribution is 0.0846. The summed E-state index contributed by atoms with van der Waals surface area (Å²) in [4.78, 5) is 12.6. The van der Waals surface area contributed by atoms with Crippen LogP contribution in [-0.2, 0) is 21.8 Å². The van der Waals surface area contributed by atoms with Crippen LogP contribution in [0.2, 0.25) is 0 Å². The van der Waals surface area contributed by atoms with E-state index in [1.165, 1.54) is 24.3 Å². The molecule has 0 aliphatic carbocycles. The summed E-state index contributed by atoms with van der Waals surface area (Å²) in [6.45, 7) is 2.68. The summed E-state index contributed by atoms with van der Waals surface area (Å²) in [5.41, 5.74) is 1.22. The van der Waals surface area contributed by atoms with E-state index >= 15 is 0 Å². The zero-order chi connectivity index (χ0) is 22.0. The molecule has 2 atom stereocenters. The van der Waals surface area contributed by atoms with Gasteiger partial charge in [0.1, 0.15) is 5.76 Å². The molecule has 1 aliphatic rings. The monoisotopic (exact) mass is 445 g/mol. The smallest absolute Gasteiger partial charge is 0.263 e. The maximum atomic E-state index is 12.7. The van der Waals surface area contributed by atoms with Crippen molar-refractivity contribution in [1.29, 1.82) is 0 Å². The van der Waals surface area contributed by atoms with Gasteiger partial charge in [-0.2, -0.15) is 5.10 Å². The first-order valence-electron chi connectivity index (χ1n) is 9.76. The minimum atomic E-state index is -3.91. The van der Waals surface area contributed by atoms with Crippen molar-refractivity contribution >= 4 is 21.7 Å². The van der Waals surface area contributed by atoms with Gasteiger partial charge in [0.05, 0.1) is 17.2 Å². The third-order valence-electron chi connectivity index (χ3n) is 5.07. The lowest BCUT2D eigenvalue weighted by Gasteiger charge is -2.18. The Hall–Kier alpha value is -3.18. The molecule has 2 N–H and O–H groups in total. The molecule has 0 unspecified atom stereocenters. The normalized spacial score (nSPS) is 18.8. The predicted octanol–water partition coefficient (Wildman–Crippen LogP) is 2.02. The first-order valence-corrected chi connectivity index (χ1v) is 11.2. The van der Waals surface area contributed by atoms with Crippen molar-refractivity contribution in [3.05, 3.63) is 59.6 Å². The van der Waals surface area contributed by atoms with Crippen LogP contribution >= 0.6 is 0 Å². The maximum Gasteiger partial charge on any atom is 0.263 e. The number of carbonyl (C=O) groups excluding carboxylic acids is 1. The molecule has 1 saturated heterocycles. The molecule has 2 aromatic heterocycles. The van der Waals surface area contributed by atoms with Crippen LogP contribution in [-0.4, -0.2) is 42.4 Å². The highest BCUT2D eigenvalue weighted by Crippen LogP contribution is 2.33. The molecular weight excluding hydrogens is 422 g/mol. The molecule has 11 heteroatoms. The zero-order valence-corrected chi connectivity index (χ0v) is 17.9. The zero-order valence-electron chi connectivity index (χ0n) is 17.1. The summed E-state index contributed by atoms with van der Waals surface area (Å²) in [6, 6.07) is 7.30. The second kappa shape index (κ2) is 8.52. The van der Waals surface area contributed by atoms with Crippen molar-refractivity contribution in [3.8, 4) is 0 Å². The van der Waals surface area contributed by atoms with Crippen LogP contribution in [0.4, 0.5) is 5.82 Å². The lowest BCUT2D eigenvalue weighted by Crippen LogP contribution is -2.30. The number of hydrogen-bond acceptors (Lipinski definition) is 7. The highest BCUT2D eigenvalue weighted by molar-refractivity contribution is 7.92. The van der Waals surface area contributed by atoms with E-state index in [2.05, 4.69) is 20.3 Å². The number of nitrogens with zero attached hydrogens (tertiary/aromatic N) is 3. The molecule has 0 bridgehead atoms. The van der Waals surface area contributed by atoms with E-state index in [4.69, 9.17) is 9.26 Å². The molecule has 0 spiro atoms. The second-order valence-corrected chi connectivity index (χ2v) is 9.14. The predicted molar refractivity (Wildman–Crippen MR) is 111 cm³/mol. The molecule has 1 amide bonds. The van der Waals surface area contributed by atoms with Crippen molar-refractivity contribution in [2.24, 2.45) is 13.0 Å². The van der Waals surface area contributed by atoms with Gasteiger partial charge < -0.3 is 14.6 Å². The molecule has 1 fully saturated rings. The Bertz CT molecular complexity index is 1190. The van der Waals surface area contributed by atoms with Crippen LogP contribution in [0.3, 0.4) is 0 Å². The van der Waals surface area contributed by atoms with Crippen molar-refractivity contribution < 1.29 is 22.5 Å². The van der Waals surface area contributed by atoms with Gasteiger partial charge in [-0.15, -0.1) is 0 Å². The van der Waals surface area contributed by atoms with Crippen molar-refractivity contribution in [2.45, 2.75) is 24.3 Å². The van der Waals surface area contributed by atoms with Gasteiger partial charge in [0, 0.05) is 49.5 Å². The lowest BCUT2D eigenvalue weighted by atomic mass is 9.97. The number of hydrogen-bond donors (Lipinski definition) is 2. The second-order valence-electron chi connectivity index (χ2n) is 7.45. The van der Waals surface area contributed by atoms with Gasteiger partial charge >= 0.3 is 0 Å². The fourth-order valence-electron chi connectivity index (χ4n) is 3.54. The Kier molecular flexibility index (Phi) is 5.79. The number of ether oxygens (including phenoxy) is 1. The van der Waals surface area contributed by atoms with Gasteiger partial charge in [-0.25, -0.2) is 8.42 Å². The quantitative estimate of drug-likeness (QED) is 0.569. The number of aryl methyl sites for hydroxylation is 2. The summed E-state index contributed by atoms with van der Waals surface area (Å²) in [6.07, 6.45) is 4.36. The van der Waals surface area contributed by atoms with Crippen molar-refractivity contribution in [2.75, 3.05) is 17.9 Å². The van der Waals surface area contributed by atoms with Crippen LogP contribution < -0.4 is 10.0 Å². The van der Waals surface area contributed by atoms with E-state index in [-0.39, 0.29) is 34.2 Å². The van der Waals surface area contributed by atoms with E-state index in [9.17, 15) is 13.2 Å². The number of benzene rings is 1. The molecule has 3 heterocycles. The van der Waals surface area contributed by atoms with Gasteiger partial charge in [0.25, 0.3) is 15.9 Å². The molecule has 31 heavy (non-hydrogen) atoms. The van der Waals surface area contributed by atoms with Crippen LogP contribution in [0.25, 0.3) is 0 Å². The van der Waals surface area contributed by atoms with E-state index in [1.807, 2.05) is 13.2 Å². The van der Waals surface area contributed by atoms with Crippen LogP contribution in [0.5, 0.6) is 0 Å². The first kappa shape index (κ1) is 21.1. The minimum Gasteiger partial charge on any atom is -0.373 e. The largest absolute Gasteiger partial charge is 0.373 e. The first-order chi connectivity index (χ1) is 14.8. The molecule has 4 rings (SSSR count). The minimum absolute atomic E-state index is 0.0433. The molecule has 1 aliphatic heterocycles. The number of amides is 1. The fraction of sp³-hybridized carbons (Fsp3) is 0.350. The third kappa shape index (κ3) is 4.78. The Balaban J connectivity index is 1.42. The number of rotatable bonds is 7. The number of aromatic nitrogens is 3. The summed E-state index contributed by atoms with van der Waals surface area (Å²) in [5, 5.41) is 10.7. The average molecular weight is 446 g/mol. The summed E-state index contributed by atoms with van der Waals surface area (Å²) in [5.74, 6) is 0.310. The summed E-state index contributed by atoms with van der Waals surface area (Å²) >= 11 is 0. The standard InChI is InChI=1S/C20H23N5O5S/c1-13-8-18(23-30-13)24-31(27,28)17-5-3-4-14(9-17)20(26)21-10-15-6-7-29-19(15)16-11-22-25(2)12-16/h3-5,8-9,11-12,15,19H,6-7,10H2,1-2H3,(H,21,26)(H,23,24)/t15-,19+/m0/s1. The Labute approximate surface area is 179 Å². The molecule has 0 radical (unpaired) electrons. The Morgan fingerprint density at radius 3 is 2.87 bits per heavy atom. The van der Waals surface area contributed by atoms with Crippen molar-refractivity contribution in [1.82, 2.24) is 20.3 Å². The van der Waals surface area contributed by atoms with Gasteiger partial charge in [-0.05, 0) is 31.5 Å². The van der Waals surface area contributed by atoms with Crippen LogP contribution in [0.15, 0.2) is 52.1 Å². The molecule has 0 saturated carbocycles. The fourth-order valence-corrected chi connectivity index (χ4v) is 4.57. The van der Waals surface area contributed by atoms with Gasteiger partial charge in [0.2, 0.25) is 0 Å². The summed E-state index contributed by atoms with van der Waals surface area (Å²) in [7, 11) is -2.07. The summed E-state index contributed by atoms with van der Waals surface area (Å²) < 4.78 is 40.0. The number of nitrogens with one attached hydrogen (secondary N) is 2. The topological polar surface area (TPSA) is 128 Å². The molecular formula is C20H23N5O5S. The van der Waals surface area contributed by atoms with E-state index in [0.29, 0.717) is 18.9 Å². The van der Waals surface area contributed by atoms with Gasteiger partial charge in [-0.3, -0.25) is 14.2 Å². The number of anilines is 1. The SMILES string of the molecule is Cc1cc(NS(=O)(=O)c2cccc(C(=O)NC[C@@H]3CCO[C@H]3c3cnn(C)c3)c2)no1. The Morgan fingerprint density at radius 2 is 2.16 bits per heavy atom. The average Bonchev–Trinajstić information content (AvgIpc) is 3.47. The third-order valence-corrected chi connectivity index (χ3v) is 6.42.